The molecule has 10 heteroatoms. The van der Waals surface area contributed by atoms with E-state index in [1.165, 1.54) is 12.4 Å². The number of anilines is 1. The summed E-state index contributed by atoms with van der Waals surface area (Å²) in [5, 5.41) is 11.0. The number of aromatic nitrogens is 4. The Morgan fingerprint density at radius 1 is 1.00 bits per heavy atom. The van der Waals surface area contributed by atoms with Crippen LogP contribution >= 0.6 is 0 Å². The zero-order valence-corrected chi connectivity index (χ0v) is 17.7. The number of carbonyl (C=O) groups excluding carboxylic acids is 1. The second-order valence-corrected chi connectivity index (χ2v) is 7.61. The number of hydrogen-bond acceptors (Lipinski definition) is 3. The van der Waals surface area contributed by atoms with E-state index in [2.05, 4.69) is 15.5 Å². The molecule has 170 valence electrons. The van der Waals surface area contributed by atoms with E-state index in [0.29, 0.717) is 12.1 Å². The first-order chi connectivity index (χ1) is 15.7. The quantitative estimate of drug-likeness (QED) is 0.262. The van der Waals surface area contributed by atoms with Crippen molar-refractivity contribution in [1.82, 2.24) is 19.6 Å². The van der Waals surface area contributed by atoms with E-state index >= 15 is 0 Å². The molecule has 0 bridgehead atoms. The smallest absolute Gasteiger partial charge is 0.255 e. The minimum Gasteiger partial charge on any atom is -0.319 e. The number of nitrogens with one attached hydrogen (secondary N) is 1. The number of aryl methyl sites for hydroxylation is 2. The van der Waals surface area contributed by atoms with Crippen molar-refractivity contribution in [2.45, 2.75) is 26.9 Å². The summed E-state index contributed by atoms with van der Waals surface area (Å²) in [6.45, 7) is 3.88. The van der Waals surface area contributed by atoms with Crippen molar-refractivity contribution in [1.29, 1.82) is 0 Å². The van der Waals surface area contributed by atoms with Crippen LogP contribution in [-0.4, -0.2) is 25.5 Å². The topological polar surface area (TPSA) is 64.7 Å². The van der Waals surface area contributed by atoms with Crippen molar-refractivity contribution in [2.24, 2.45) is 0 Å². The summed E-state index contributed by atoms with van der Waals surface area (Å²) in [5.41, 5.74) is 2.79. The summed E-state index contributed by atoms with van der Waals surface area (Å²) in [7, 11) is 0. The lowest BCUT2D eigenvalue weighted by molar-refractivity contribution is 0.102. The number of benzene rings is 2. The molecule has 1 N–H and O–H groups in total. The zero-order chi connectivity index (χ0) is 23.7. The molecule has 2 aromatic carbocycles. The summed E-state index contributed by atoms with van der Waals surface area (Å²) >= 11 is 0. The maximum absolute atomic E-state index is 13.9. The average Bonchev–Trinajstić information content (AvgIpc) is 3.34. The average molecular weight is 457 g/mol. The molecule has 0 unspecified atom stereocenters. The fourth-order valence-corrected chi connectivity index (χ4v) is 3.45. The first-order valence-electron chi connectivity index (χ1n) is 9.97. The molecular formula is C23H19F4N5O. The Hall–Kier alpha value is -3.95. The van der Waals surface area contributed by atoms with E-state index in [4.69, 9.17) is 0 Å². The molecule has 0 atom stereocenters. The molecule has 0 spiro atoms. The van der Waals surface area contributed by atoms with Gasteiger partial charge in [-0.05, 0) is 37.6 Å². The Morgan fingerprint density at radius 2 is 1.79 bits per heavy atom. The third kappa shape index (κ3) is 4.79. The molecular weight excluding hydrogens is 438 g/mol. The van der Waals surface area contributed by atoms with Crippen molar-refractivity contribution in [3.8, 4) is 0 Å². The van der Waals surface area contributed by atoms with Gasteiger partial charge in [0, 0.05) is 29.1 Å². The maximum Gasteiger partial charge on any atom is 0.255 e. The zero-order valence-electron chi connectivity index (χ0n) is 17.7. The molecule has 0 aliphatic rings. The molecule has 1 amide bonds. The standard InChI is InChI=1S/C23H19F4N5O/c1-13-6-14(2)32(30-13)10-15-4-3-5-16(7-15)23(33)29-17-9-28-31(11-17)12-18-19(24)8-20(25)22(27)21(18)26/h3-9,11H,10,12H2,1-2H3,(H,29,33). The van der Waals surface area contributed by atoms with E-state index < -0.39 is 41.3 Å². The molecule has 4 aromatic rings. The minimum atomic E-state index is -1.76. The Labute approximate surface area is 186 Å². The van der Waals surface area contributed by atoms with Crippen LogP contribution in [0.2, 0.25) is 0 Å². The number of rotatable bonds is 6. The molecule has 0 saturated heterocycles. The molecule has 6 nitrogen and oxygen atoms in total. The summed E-state index contributed by atoms with van der Waals surface area (Å²) in [4.78, 5) is 12.7. The van der Waals surface area contributed by atoms with Gasteiger partial charge in [0.05, 0.1) is 30.7 Å². The van der Waals surface area contributed by atoms with Crippen LogP contribution < -0.4 is 5.32 Å². The van der Waals surface area contributed by atoms with Crippen LogP contribution in [0.4, 0.5) is 23.2 Å². The van der Waals surface area contributed by atoms with Crippen LogP contribution in [0.25, 0.3) is 0 Å². The largest absolute Gasteiger partial charge is 0.319 e. The Bertz CT molecular complexity index is 1340. The monoisotopic (exact) mass is 457 g/mol. The molecule has 0 radical (unpaired) electrons. The summed E-state index contributed by atoms with van der Waals surface area (Å²) in [5.74, 6) is -6.62. The van der Waals surface area contributed by atoms with Gasteiger partial charge in [-0.25, -0.2) is 17.6 Å². The van der Waals surface area contributed by atoms with Crippen molar-refractivity contribution in [3.63, 3.8) is 0 Å². The highest BCUT2D eigenvalue weighted by molar-refractivity contribution is 6.04. The van der Waals surface area contributed by atoms with Gasteiger partial charge < -0.3 is 5.32 Å². The van der Waals surface area contributed by atoms with Gasteiger partial charge in [-0.15, -0.1) is 0 Å². The first-order valence-corrected chi connectivity index (χ1v) is 9.97. The number of carbonyl (C=O) groups is 1. The van der Waals surface area contributed by atoms with Crippen LogP contribution in [0, 0.1) is 37.1 Å². The first kappa shape index (κ1) is 22.3. The molecule has 2 aromatic heterocycles. The SMILES string of the molecule is Cc1cc(C)n(Cc2cccc(C(=O)Nc3cnn(Cc4c(F)cc(F)c(F)c4F)c3)c2)n1. The van der Waals surface area contributed by atoms with Gasteiger partial charge in [-0.2, -0.15) is 10.2 Å². The van der Waals surface area contributed by atoms with Crippen molar-refractivity contribution in [3.05, 3.63) is 100 Å². The molecule has 4 rings (SSSR count). The van der Waals surface area contributed by atoms with Crippen LogP contribution in [0.3, 0.4) is 0 Å². The molecule has 33 heavy (non-hydrogen) atoms. The second kappa shape index (κ2) is 8.89. The van der Waals surface area contributed by atoms with Crippen LogP contribution in [0.5, 0.6) is 0 Å². The van der Waals surface area contributed by atoms with Crippen LogP contribution in [-0.2, 0) is 13.1 Å². The van der Waals surface area contributed by atoms with E-state index in [-0.39, 0.29) is 11.8 Å². The Balaban J connectivity index is 1.46. The predicted molar refractivity (Wildman–Crippen MR) is 113 cm³/mol. The third-order valence-electron chi connectivity index (χ3n) is 5.05. The van der Waals surface area contributed by atoms with Gasteiger partial charge in [0.2, 0.25) is 0 Å². The minimum absolute atomic E-state index is 0.271. The Kier molecular flexibility index (Phi) is 5.99. The maximum atomic E-state index is 13.9. The highest BCUT2D eigenvalue weighted by Gasteiger charge is 2.19. The lowest BCUT2D eigenvalue weighted by Crippen LogP contribution is -2.12. The van der Waals surface area contributed by atoms with Crippen molar-refractivity contribution in [2.75, 3.05) is 5.32 Å². The molecule has 0 aliphatic heterocycles. The van der Waals surface area contributed by atoms with Crippen molar-refractivity contribution >= 4 is 11.6 Å². The number of hydrogen-bond donors (Lipinski definition) is 1. The molecule has 0 saturated carbocycles. The molecule has 0 fully saturated rings. The number of halogens is 4. The summed E-state index contributed by atoms with van der Waals surface area (Å²) in [6.07, 6.45) is 2.62. The third-order valence-corrected chi connectivity index (χ3v) is 5.05. The molecule has 2 heterocycles. The van der Waals surface area contributed by atoms with Gasteiger partial charge in [0.1, 0.15) is 5.82 Å². The number of amides is 1. The van der Waals surface area contributed by atoms with Crippen LogP contribution in [0.15, 0.2) is 48.8 Å². The Morgan fingerprint density at radius 3 is 2.52 bits per heavy atom. The van der Waals surface area contributed by atoms with Gasteiger partial charge in [0.25, 0.3) is 5.91 Å². The fraction of sp³-hybridized carbons (Fsp3) is 0.174. The van der Waals surface area contributed by atoms with E-state index in [0.717, 1.165) is 21.6 Å². The fourth-order valence-electron chi connectivity index (χ4n) is 3.45. The van der Waals surface area contributed by atoms with Gasteiger partial charge >= 0.3 is 0 Å². The predicted octanol–water partition coefficient (Wildman–Crippen LogP) is 4.60. The molecule has 0 aliphatic carbocycles. The van der Waals surface area contributed by atoms with E-state index in [1.807, 2.05) is 30.7 Å². The van der Waals surface area contributed by atoms with Crippen LogP contribution in [0.1, 0.15) is 32.9 Å². The van der Waals surface area contributed by atoms with E-state index in [1.54, 1.807) is 18.2 Å². The number of nitrogens with zero attached hydrogens (tertiary/aromatic N) is 4. The lowest BCUT2D eigenvalue weighted by Gasteiger charge is -2.08. The summed E-state index contributed by atoms with van der Waals surface area (Å²) in [6, 6.07) is 9.27. The highest BCUT2D eigenvalue weighted by atomic mass is 19.2. The summed E-state index contributed by atoms with van der Waals surface area (Å²) < 4.78 is 57.2. The van der Waals surface area contributed by atoms with Gasteiger partial charge in [-0.3, -0.25) is 14.2 Å². The van der Waals surface area contributed by atoms with E-state index in [9.17, 15) is 22.4 Å². The highest BCUT2D eigenvalue weighted by Crippen LogP contribution is 2.21. The lowest BCUT2D eigenvalue weighted by atomic mass is 10.1. The normalized spacial score (nSPS) is 11.1. The second-order valence-electron chi connectivity index (χ2n) is 7.61. The van der Waals surface area contributed by atoms with Gasteiger partial charge in [-0.1, -0.05) is 12.1 Å². The van der Waals surface area contributed by atoms with Crippen molar-refractivity contribution < 1.29 is 22.4 Å². The van der Waals surface area contributed by atoms with Gasteiger partial charge in [0.15, 0.2) is 17.5 Å².